The fourth-order valence-electron chi connectivity index (χ4n) is 1.88. The second-order valence-electron chi connectivity index (χ2n) is 3.62. The zero-order chi connectivity index (χ0) is 10.8. The highest BCUT2D eigenvalue weighted by atomic mass is 127. The van der Waals surface area contributed by atoms with Gasteiger partial charge in [0.15, 0.2) is 0 Å². The number of carbonyl (C=O) groups is 1. The molecule has 0 bridgehead atoms. The van der Waals surface area contributed by atoms with E-state index in [0.717, 1.165) is 27.8 Å². The van der Waals surface area contributed by atoms with Crippen LogP contribution in [0, 0.1) is 2.88 Å². The summed E-state index contributed by atoms with van der Waals surface area (Å²) in [5, 5.41) is 11.0. The highest BCUT2D eigenvalue weighted by molar-refractivity contribution is 14.1. The van der Waals surface area contributed by atoms with Gasteiger partial charge in [-0.15, -0.1) is 11.3 Å². The SMILES string of the molecule is O=C(c1csc(I)c1)N1CCCC1CO. The third-order valence-electron chi connectivity index (χ3n) is 2.66. The molecule has 15 heavy (non-hydrogen) atoms. The number of hydrogen-bond donors (Lipinski definition) is 1. The predicted octanol–water partition coefficient (Wildman–Crippen LogP) is 1.95. The van der Waals surface area contributed by atoms with Crippen molar-refractivity contribution in [1.29, 1.82) is 0 Å². The molecule has 0 aliphatic carbocycles. The maximum Gasteiger partial charge on any atom is 0.255 e. The number of hydrogen-bond acceptors (Lipinski definition) is 3. The van der Waals surface area contributed by atoms with E-state index in [1.165, 1.54) is 0 Å². The molecule has 1 unspecified atom stereocenters. The Bertz CT molecular complexity index is 366. The van der Waals surface area contributed by atoms with Crippen LogP contribution in [0.25, 0.3) is 0 Å². The number of aliphatic hydroxyl groups excluding tert-OH is 1. The summed E-state index contributed by atoms with van der Waals surface area (Å²) in [6, 6.07) is 1.93. The van der Waals surface area contributed by atoms with E-state index in [0.29, 0.717) is 0 Å². The largest absolute Gasteiger partial charge is 0.394 e. The van der Waals surface area contributed by atoms with E-state index in [1.807, 2.05) is 11.4 Å². The van der Waals surface area contributed by atoms with Crippen molar-refractivity contribution >= 4 is 39.8 Å². The topological polar surface area (TPSA) is 40.5 Å². The van der Waals surface area contributed by atoms with Crippen molar-refractivity contribution in [2.75, 3.05) is 13.2 Å². The molecule has 1 saturated heterocycles. The first-order valence-electron chi connectivity index (χ1n) is 4.88. The van der Waals surface area contributed by atoms with Crippen LogP contribution in [0.1, 0.15) is 23.2 Å². The van der Waals surface area contributed by atoms with Gasteiger partial charge in [-0.1, -0.05) is 0 Å². The second kappa shape index (κ2) is 4.80. The standard InChI is InChI=1S/C10H12INO2S/c11-9-4-7(6-15-9)10(14)12-3-1-2-8(12)5-13/h4,6,8,13H,1-3,5H2. The Labute approximate surface area is 106 Å². The lowest BCUT2D eigenvalue weighted by atomic mass is 10.2. The molecule has 2 rings (SSSR count). The van der Waals surface area contributed by atoms with Gasteiger partial charge in [0.1, 0.15) is 0 Å². The third kappa shape index (κ3) is 2.34. The summed E-state index contributed by atoms with van der Waals surface area (Å²) in [6.07, 6.45) is 1.92. The quantitative estimate of drug-likeness (QED) is 0.838. The number of aliphatic hydroxyl groups is 1. The zero-order valence-electron chi connectivity index (χ0n) is 8.15. The molecular weight excluding hydrogens is 325 g/mol. The minimum absolute atomic E-state index is 0.0232. The van der Waals surface area contributed by atoms with E-state index >= 15 is 0 Å². The van der Waals surface area contributed by atoms with Crippen LogP contribution in [0.4, 0.5) is 0 Å². The Hall–Kier alpha value is -0.140. The monoisotopic (exact) mass is 337 g/mol. The van der Waals surface area contributed by atoms with Crippen molar-refractivity contribution in [3.05, 3.63) is 19.9 Å². The van der Waals surface area contributed by atoms with Gasteiger partial charge in [-0.25, -0.2) is 0 Å². The average molecular weight is 337 g/mol. The van der Waals surface area contributed by atoms with Crippen molar-refractivity contribution < 1.29 is 9.90 Å². The highest BCUT2D eigenvalue weighted by Gasteiger charge is 2.28. The van der Waals surface area contributed by atoms with E-state index in [1.54, 1.807) is 16.2 Å². The van der Waals surface area contributed by atoms with Gasteiger partial charge in [0, 0.05) is 11.9 Å². The van der Waals surface area contributed by atoms with Crippen LogP contribution >= 0.6 is 33.9 Å². The van der Waals surface area contributed by atoms with Crippen LogP contribution in [0.2, 0.25) is 0 Å². The Morgan fingerprint density at radius 1 is 1.73 bits per heavy atom. The van der Waals surface area contributed by atoms with Gasteiger partial charge in [-0.05, 0) is 41.5 Å². The Morgan fingerprint density at radius 3 is 3.13 bits per heavy atom. The fraction of sp³-hybridized carbons (Fsp3) is 0.500. The molecule has 1 amide bonds. The summed E-state index contributed by atoms with van der Waals surface area (Å²) < 4.78 is 1.12. The smallest absolute Gasteiger partial charge is 0.255 e. The second-order valence-corrected chi connectivity index (χ2v) is 6.42. The number of carbonyl (C=O) groups excluding carboxylic acids is 1. The average Bonchev–Trinajstić information content (AvgIpc) is 2.84. The molecular formula is C10H12INO2S. The maximum absolute atomic E-state index is 12.0. The Morgan fingerprint density at radius 2 is 2.53 bits per heavy atom. The molecule has 1 fully saturated rings. The molecule has 1 aromatic heterocycles. The number of thiophene rings is 1. The molecule has 3 nitrogen and oxygen atoms in total. The van der Waals surface area contributed by atoms with Gasteiger partial charge in [-0.2, -0.15) is 0 Å². The highest BCUT2D eigenvalue weighted by Crippen LogP contribution is 2.23. The first-order chi connectivity index (χ1) is 7.22. The van der Waals surface area contributed by atoms with Crippen molar-refractivity contribution in [2.45, 2.75) is 18.9 Å². The molecule has 1 aliphatic heterocycles. The van der Waals surface area contributed by atoms with Crippen LogP contribution in [-0.2, 0) is 0 Å². The van der Waals surface area contributed by atoms with E-state index < -0.39 is 0 Å². The van der Waals surface area contributed by atoms with Crippen LogP contribution in [-0.4, -0.2) is 35.1 Å². The lowest BCUT2D eigenvalue weighted by molar-refractivity contribution is 0.0678. The van der Waals surface area contributed by atoms with Gasteiger partial charge >= 0.3 is 0 Å². The normalized spacial score (nSPS) is 20.9. The zero-order valence-corrected chi connectivity index (χ0v) is 11.1. The molecule has 0 radical (unpaired) electrons. The lowest BCUT2D eigenvalue weighted by Gasteiger charge is -2.22. The molecule has 1 atom stereocenters. The molecule has 5 heteroatoms. The number of likely N-dealkylation sites (tertiary alicyclic amines) is 1. The van der Waals surface area contributed by atoms with Crippen LogP contribution in [0.3, 0.4) is 0 Å². The predicted molar refractivity (Wildman–Crippen MR) is 68.2 cm³/mol. The summed E-state index contributed by atoms with van der Waals surface area (Å²) in [7, 11) is 0. The minimum atomic E-state index is 0.0232. The molecule has 0 spiro atoms. The van der Waals surface area contributed by atoms with Crippen LogP contribution in [0.5, 0.6) is 0 Å². The van der Waals surface area contributed by atoms with E-state index in [2.05, 4.69) is 22.6 Å². The molecule has 2 heterocycles. The van der Waals surface area contributed by atoms with E-state index in [-0.39, 0.29) is 18.6 Å². The first-order valence-corrected chi connectivity index (χ1v) is 6.84. The summed E-state index contributed by atoms with van der Waals surface area (Å²) in [6.45, 7) is 0.851. The van der Waals surface area contributed by atoms with Crippen LogP contribution < -0.4 is 0 Å². The van der Waals surface area contributed by atoms with Gasteiger partial charge in [-0.3, -0.25) is 4.79 Å². The molecule has 0 saturated carbocycles. The molecule has 1 aliphatic rings. The van der Waals surface area contributed by atoms with Gasteiger partial charge in [0.25, 0.3) is 5.91 Å². The lowest BCUT2D eigenvalue weighted by Crippen LogP contribution is -2.37. The van der Waals surface area contributed by atoms with Gasteiger partial charge in [0.05, 0.1) is 21.1 Å². The summed E-state index contributed by atoms with van der Waals surface area (Å²) in [5.74, 6) is 0.0608. The Balaban J connectivity index is 2.13. The summed E-state index contributed by atoms with van der Waals surface area (Å²) in [5.41, 5.74) is 0.754. The first kappa shape index (κ1) is 11.3. The molecule has 1 aromatic rings. The molecule has 1 N–H and O–H groups in total. The van der Waals surface area contributed by atoms with Crippen molar-refractivity contribution in [3.8, 4) is 0 Å². The summed E-state index contributed by atoms with van der Waals surface area (Å²) >= 11 is 3.79. The van der Waals surface area contributed by atoms with E-state index in [9.17, 15) is 4.79 Å². The van der Waals surface area contributed by atoms with Crippen molar-refractivity contribution in [3.63, 3.8) is 0 Å². The summed E-state index contributed by atoms with van der Waals surface area (Å²) in [4.78, 5) is 13.8. The maximum atomic E-state index is 12.0. The third-order valence-corrected chi connectivity index (χ3v) is 4.45. The number of halogens is 1. The van der Waals surface area contributed by atoms with Crippen molar-refractivity contribution in [2.24, 2.45) is 0 Å². The Kier molecular flexibility index (Phi) is 3.63. The van der Waals surface area contributed by atoms with E-state index in [4.69, 9.17) is 5.11 Å². The number of rotatable bonds is 2. The fourth-order valence-corrected chi connectivity index (χ4v) is 3.20. The van der Waals surface area contributed by atoms with Crippen molar-refractivity contribution in [1.82, 2.24) is 4.90 Å². The molecule has 82 valence electrons. The number of nitrogens with zero attached hydrogens (tertiary/aromatic N) is 1. The van der Waals surface area contributed by atoms with Crippen LogP contribution in [0.15, 0.2) is 11.4 Å². The van der Waals surface area contributed by atoms with Gasteiger partial charge in [0.2, 0.25) is 0 Å². The molecule has 0 aromatic carbocycles. The minimum Gasteiger partial charge on any atom is -0.394 e. The number of amides is 1. The van der Waals surface area contributed by atoms with Gasteiger partial charge < -0.3 is 10.0 Å².